The topological polar surface area (TPSA) is 45.2 Å². The van der Waals surface area contributed by atoms with Crippen LogP contribution >= 0.6 is 0 Å². The van der Waals surface area contributed by atoms with Crippen LogP contribution in [-0.4, -0.2) is 22.3 Å². The first-order chi connectivity index (χ1) is 13.2. The summed E-state index contributed by atoms with van der Waals surface area (Å²) in [6.45, 7) is 4.18. The van der Waals surface area contributed by atoms with Crippen LogP contribution in [0.4, 0.5) is 5.69 Å². The zero-order valence-electron chi connectivity index (χ0n) is 15.5. The Morgan fingerprint density at radius 1 is 1.07 bits per heavy atom. The first-order valence-electron chi connectivity index (χ1n) is 9.30. The highest BCUT2D eigenvalue weighted by Crippen LogP contribution is 2.20. The van der Waals surface area contributed by atoms with E-state index < -0.39 is 0 Å². The Balaban J connectivity index is 1.44. The molecule has 136 valence electrons. The number of nitrogens with one attached hydrogen (secondary N) is 1. The molecule has 0 bridgehead atoms. The monoisotopic (exact) mass is 357 g/mol. The molecule has 1 aromatic heterocycles. The molecule has 0 fully saturated rings. The quantitative estimate of drug-likeness (QED) is 0.761. The van der Waals surface area contributed by atoms with Crippen LogP contribution in [0.1, 0.15) is 32.7 Å². The van der Waals surface area contributed by atoms with E-state index >= 15 is 0 Å². The van der Waals surface area contributed by atoms with Gasteiger partial charge in [0, 0.05) is 31.5 Å². The Bertz CT molecular complexity index is 950. The number of amides is 1. The average molecular weight is 357 g/mol. The summed E-state index contributed by atoms with van der Waals surface area (Å²) in [4.78, 5) is 19.1. The van der Waals surface area contributed by atoms with Crippen molar-refractivity contribution in [1.29, 1.82) is 0 Å². The molecule has 0 radical (unpaired) electrons. The lowest BCUT2D eigenvalue weighted by Gasteiger charge is -2.28. The minimum atomic E-state index is -0.0107. The van der Waals surface area contributed by atoms with Crippen LogP contribution in [0.15, 0.2) is 66.9 Å². The summed E-state index contributed by atoms with van der Waals surface area (Å²) < 4.78 is 0. The van der Waals surface area contributed by atoms with Crippen LogP contribution in [-0.2, 0) is 19.5 Å². The fourth-order valence-corrected chi connectivity index (χ4v) is 3.40. The molecule has 1 aliphatic rings. The summed E-state index contributed by atoms with van der Waals surface area (Å²) in [5, 5.41) is 3.38. The highest BCUT2D eigenvalue weighted by Gasteiger charge is 2.22. The molecule has 0 spiro atoms. The van der Waals surface area contributed by atoms with Gasteiger partial charge in [-0.05, 0) is 42.2 Å². The number of benzene rings is 2. The lowest BCUT2D eigenvalue weighted by atomic mass is 10.00. The third-order valence-corrected chi connectivity index (χ3v) is 5.01. The number of aromatic nitrogens is 1. The molecule has 2 heterocycles. The Kier molecular flexibility index (Phi) is 4.88. The average Bonchev–Trinajstić information content (AvgIpc) is 2.72. The largest absolute Gasteiger partial charge is 0.381 e. The summed E-state index contributed by atoms with van der Waals surface area (Å²) in [6, 6.07) is 20.5. The van der Waals surface area contributed by atoms with Gasteiger partial charge in [0.15, 0.2) is 0 Å². The Morgan fingerprint density at radius 2 is 1.85 bits per heavy atom. The SMILES string of the molecule is Cc1ccc(CNc2ccnc(C(=O)N3CCc4ccccc4C3)c2)cc1. The smallest absolute Gasteiger partial charge is 0.272 e. The predicted octanol–water partition coefficient (Wildman–Crippen LogP) is 4.20. The maximum Gasteiger partial charge on any atom is 0.272 e. The maximum atomic E-state index is 12.9. The van der Waals surface area contributed by atoms with Crippen LogP contribution in [0, 0.1) is 6.92 Å². The molecule has 2 aromatic carbocycles. The zero-order valence-corrected chi connectivity index (χ0v) is 15.5. The molecule has 1 N–H and O–H groups in total. The second-order valence-corrected chi connectivity index (χ2v) is 7.01. The van der Waals surface area contributed by atoms with Crippen molar-refractivity contribution in [3.63, 3.8) is 0 Å². The van der Waals surface area contributed by atoms with Crippen LogP contribution in [0.3, 0.4) is 0 Å². The number of carbonyl (C=O) groups excluding carboxylic acids is 1. The normalized spacial score (nSPS) is 13.1. The second kappa shape index (κ2) is 7.62. The molecule has 0 unspecified atom stereocenters. The lowest BCUT2D eigenvalue weighted by molar-refractivity contribution is 0.0729. The van der Waals surface area contributed by atoms with Gasteiger partial charge >= 0.3 is 0 Å². The molecule has 1 aliphatic heterocycles. The van der Waals surface area contributed by atoms with E-state index in [4.69, 9.17) is 0 Å². The number of anilines is 1. The summed E-state index contributed by atoms with van der Waals surface area (Å²) >= 11 is 0. The molecule has 0 saturated carbocycles. The number of hydrogen-bond donors (Lipinski definition) is 1. The van der Waals surface area contributed by atoms with Gasteiger partial charge in [-0.25, -0.2) is 0 Å². The molecule has 0 aliphatic carbocycles. The van der Waals surface area contributed by atoms with Crippen molar-refractivity contribution < 1.29 is 4.79 Å². The fraction of sp³-hybridized carbons (Fsp3) is 0.217. The number of nitrogens with zero attached hydrogens (tertiary/aromatic N) is 2. The first-order valence-corrected chi connectivity index (χ1v) is 9.30. The van der Waals surface area contributed by atoms with Gasteiger partial charge in [-0.3, -0.25) is 9.78 Å². The summed E-state index contributed by atoms with van der Waals surface area (Å²) in [5.41, 5.74) is 6.42. The Hall–Kier alpha value is -3.14. The first kappa shape index (κ1) is 17.3. The molecule has 0 atom stereocenters. The molecule has 3 aromatic rings. The third-order valence-electron chi connectivity index (χ3n) is 5.01. The Labute approximate surface area is 159 Å². The molecule has 0 saturated heterocycles. The minimum absolute atomic E-state index is 0.0107. The summed E-state index contributed by atoms with van der Waals surface area (Å²) in [5.74, 6) is -0.0107. The summed E-state index contributed by atoms with van der Waals surface area (Å²) in [6.07, 6.45) is 2.59. The van der Waals surface area contributed by atoms with Crippen LogP contribution in [0.5, 0.6) is 0 Å². The molecule has 27 heavy (non-hydrogen) atoms. The molecule has 1 amide bonds. The van der Waals surface area contributed by atoms with E-state index in [9.17, 15) is 4.79 Å². The van der Waals surface area contributed by atoms with Crippen LogP contribution in [0.2, 0.25) is 0 Å². The van der Waals surface area contributed by atoms with Gasteiger partial charge < -0.3 is 10.2 Å². The van der Waals surface area contributed by atoms with E-state index in [1.165, 1.54) is 22.3 Å². The molecule has 4 rings (SSSR count). The van der Waals surface area contributed by atoms with Crippen LogP contribution in [0.25, 0.3) is 0 Å². The highest BCUT2D eigenvalue weighted by atomic mass is 16.2. The van der Waals surface area contributed by atoms with Crippen molar-refractivity contribution in [2.75, 3.05) is 11.9 Å². The molecule has 4 nitrogen and oxygen atoms in total. The van der Waals surface area contributed by atoms with Crippen molar-refractivity contribution in [3.8, 4) is 0 Å². The van der Waals surface area contributed by atoms with Gasteiger partial charge in [0.25, 0.3) is 5.91 Å². The van der Waals surface area contributed by atoms with Gasteiger partial charge in [-0.15, -0.1) is 0 Å². The second-order valence-electron chi connectivity index (χ2n) is 7.01. The number of hydrogen-bond acceptors (Lipinski definition) is 3. The minimum Gasteiger partial charge on any atom is -0.381 e. The van der Waals surface area contributed by atoms with Crippen molar-refractivity contribution in [2.45, 2.75) is 26.4 Å². The zero-order chi connectivity index (χ0) is 18.6. The van der Waals surface area contributed by atoms with Crippen molar-refractivity contribution >= 4 is 11.6 Å². The molecular formula is C23H23N3O. The Morgan fingerprint density at radius 3 is 2.67 bits per heavy atom. The number of carbonyl (C=O) groups is 1. The number of rotatable bonds is 4. The third kappa shape index (κ3) is 4.00. The van der Waals surface area contributed by atoms with E-state index in [2.05, 4.69) is 59.7 Å². The summed E-state index contributed by atoms with van der Waals surface area (Å²) in [7, 11) is 0. The van der Waals surface area contributed by atoms with E-state index in [0.717, 1.165) is 25.2 Å². The van der Waals surface area contributed by atoms with Gasteiger partial charge in [-0.1, -0.05) is 54.1 Å². The van der Waals surface area contributed by atoms with Crippen LogP contribution < -0.4 is 5.32 Å². The van der Waals surface area contributed by atoms with Crippen molar-refractivity contribution in [3.05, 3.63) is 94.8 Å². The number of pyridine rings is 1. The fourth-order valence-electron chi connectivity index (χ4n) is 3.40. The van der Waals surface area contributed by atoms with Gasteiger partial charge in [0.05, 0.1) is 0 Å². The number of fused-ring (bicyclic) bond motifs is 1. The highest BCUT2D eigenvalue weighted by molar-refractivity contribution is 5.93. The van der Waals surface area contributed by atoms with Gasteiger partial charge in [0.1, 0.15) is 5.69 Å². The number of aryl methyl sites for hydroxylation is 1. The lowest BCUT2D eigenvalue weighted by Crippen LogP contribution is -2.36. The van der Waals surface area contributed by atoms with Gasteiger partial charge in [0.2, 0.25) is 0 Å². The van der Waals surface area contributed by atoms with Crippen molar-refractivity contribution in [2.24, 2.45) is 0 Å². The van der Waals surface area contributed by atoms with Gasteiger partial charge in [-0.2, -0.15) is 0 Å². The predicted molar refractivity (Wildman–Crippen MR) is 108 cm³/mol. The van der Waals surface area contributed by atoms with E-state index in [-0.39, 0.29) is 5.91 Å². The van der Waals surface area contributed by atoms with E-state index in [0.29, 0.717) is 12.2 Å². The van der Waals surface area contributed by atoms with Crippen molar-refractivity contribution in [1.82, 2.24) is 9.88 Å². The maximum absolute atomic E-state index is 12.9. The molecular weight excluding hydrogens is 334 g/mol. The van der Waals surface area contributed by atoms with E-state index in [1.807, 2.05) is 23.1 Å². The standard InChI is InChI=1S/C23H23N3O/c1-17-6-8-18(9-7-17)15-25-21-10-12-24-22(14-21)23(27)26-13-11-19-4-2-3-5-20(19)16-26/h2-10,12,14H,11,13,15-16H2,1H3,(H,24,25). The molecule has 4 heteroatoms. The van der Waals surface area contributed by atoms with E-state index in [1.54, 1.807) is 6.20 Å².